The standard InChI is InChI=1S/C31H34N4O3S/c36-31-29(27-21-26(15-16-28(27)33-31)39(37,38)35-19-5-2-6-20-35)30(24-9-3-1-4-10-24)32-25-13-11-23(12-14-25)22-34-17-7-8-18-34/h1,3-4,9-16,21,32H,2,5-8,17-20,22H2,(H,33,36)/b30-29-. The summed E-state index contributed by atoms with van der Waals surface area (Å²) in [6.45, 7) is 4.30. The molecule has 3 aliphatic rings. The van der Waals surface area contributed by atoms with Crippen LogP contribution in [0.25, 0.3) is 11.3 Å². The van der Waals surface area contributed by atoms with Gasteiger partial charge in [0.15, 0.2) is 0 Å². The van der Waals surface area contributed by atoms with Crippen molar-refractivity contribution in [1.82, 2.24) is 9.21 Å². The van der Waals surface area contributed by atoms with E-state index >= 15 is 0 Å². The molecule has 0 atom stereocenters. The van der Waals surface area contributed by atoms with Gasteiger partial charge in [-0.05, 0) is 80.2 Å². The van der Waals surface area contributed by atoms with Crippen LogP contribution < -0.4 is 10.6 Å². The third kappa shape index (κ3) is 5.37. The van der Waals surface area contributed by atoms with Crippen molar-refractivity contribution in [3.63, 3.8) is 0 Å². The molecule has 0 bridgehead atoms. The van der Waals surface area contributed by atoms with Gasteiger partial charge in [-0.25, -0.2) is 8.42 Å². The lowest BCUT2D eigenvalue weighted by Gasteiger charge is -2.26. The Morgan fingerprint density at radius 1 is 0.821 bits per heavy atom. The second kappa shape index (κ2) is 11.0. The van der Waals surface area contributed by atoms with Gasteiger partial charge in [0.2, 0.25) is 10.0 Å². The van der Waals surface area contributed by atoms with E-state index in [2.05, 4.69) is 27.7 Å². The van der Waals surface area contributed by atoms with Crippen molar-refractivity contribution in [2.75, 3.05) is 36.8 Å². The van der Waals surface area contributed by atoms with Gasteiger partial charge in [0, 0.05) is 36.6 Å². The van der Waals surface area contributed by atoms with Gasteiger partial charge >= 0.3 is 0 Å². The van der Waals surface area contributed by atoms with Gasteiger partial charge in [-0.2, -0.15) is 4.31 Å². The minimum absolute atomic E-state index is 0.218. The molecule has 202 valence electrons. The maximum atomic E-state index is 13.4. The number of piperidine rings is 1. The number of sulfonamides is 1. The first-order chi connectivity index (χ1) is 19.0. The van der Waals surface area contributed by atoms with Crippen LogP contribution in [0.3, 0.4) is 0 Å². The van der Waals surface area contributed by atoms with Crippen molar-refractivity contribution in [1.29, 1.82) is 0 Å². The third-order valence-corrected chi connectivity index (χ3v) is 9.72. The van der Waals surface area contributed by atoms with Crippen molar-refractivity contribution < 1.29 is 13.2 Å². The van der Waals surface area contributed by atoms with E-state index < -0.39 is 10.0 Å². The summed E-state index contributed by atoms with van der Waals surface area (Å²) in [5.41, 5.74) is 5.26. The van der Waals surface area contributed by atoms with E-state index in [-0.39, 0.29) is 10.8 Å². The minimum Gasteiger partial charge on any atom is -0.354 e. The molecule has 2 saturated heterocycles. The highest BCUT2D eigenvalue weighted by molar-refractivity contribution is 7.89. The van der Waals surface area contributed by atoms with Gasteiger partial charge in [0.1, 0.15) is 0 Å². The van der Waals surface area contributed by atoms with Crippen molar-refractivity contribution in [2.45, 2.75) is 43.5 Å². The largest absolute Gasteiger partial charge is 0.354 e. The number of rotatable bonds is 7. The van der Waals surface area contributed by atoms with Gasteiger partial charge in [-0.1, -0.05) is 48.9 Å². The Hall–Kier alpha value is -3.46. The predicted octanol–water partition coefficient (Wildman–Crippen LogP) is 5.39. The number of nitrogens with zero attached hydrogens (tertiary/aromatic N) is 2. The van der Waals surface area contributed by atoms with Crippen LogP contribution in [0.1, 0.15) is 48.8 Å². The van der Waals surface area contributed by atoms with Crippen LogP contribution in [0.4, 0.5) is 11.4 Å². The molecule has 2 fully saturated rings. The van der Waals surface area contributed by atoms with E-state index in [0.29, 0.717) is 35.6 Å². The van der Waals surface area contributed by atoms with E-state index in [4.69, 9.17) is 0 Å². The molecule has 6 rings (SSSR count). The highest BCUT2D eigenvalue weighted by Crippen LogP contribution is 2.39. The number of hydrogen-bond donors (Lipinski definition) is 2. The Balaban J connectivity index is 1.37. The summed E-state index contributed by atoms with van der Waals surface area (Å²) >= 11 is 0. The molecule has 1 amide bonds. The lowest BCUT2D eigenvalue weighted by Crippen LogP contribution is -2.35. The van der Waals surface area contributed by atoms with Crippen LogP contribution in [0, 0.1) is 0 Å². The Bertz CT molecular complexity index is 1490. The number of benzene rings is 3. The van der Waals surface area contributed by atoms with Crippen molar-refractivity contribution in [3.05, 3.63) is 89.5 Å². The van der Waals surface area contributed by atoms with Crippen LogP contribution in [0.15, 0.2) is 77.7 Å². The quantitative estimate of drug-likeness (QED) is 0.391. The van der Waals surface area contributed by atoms with Crippen molar-refractivity contribution in [2.24, 2.45) is 0 Å². The second-order valence-corrected chi connectivity index (χ2v) is 12.5. The van der Waals surface area contributed by atoms with Gasteiger partial charge < -0.3 is 10.6 Å². The highest BCUT2D eigenvalue weighted by atomic mass is 32.2. The van der Waals surface area contributed by atoms with E-state index in [1.54, 1.807) is 22.5 Å². The smallest absolute Gasteiger partial charge is 0.258 e. The number of fused-ring (bicyclic) bond motifs is 1. The number of amides is 1. The van der Waals surface area contributed by atoms with Gasteiger partial charge in [-0.3, -0.25) is 9.69 Å². The highest BCUT2D eigenvalue weighted by Gasteiger charge is 2.32. The summed E-state index contributed by atoms with van der Waals surface area (Å²) in [6.07, 6.45) is 5.31. The van der Waals surface area contributed by atoms with Crippen LogP contribution in [-0.2, 0) is 21.4 Å². The topological polar surface area (TPSA) is 81.8 Å². The number of carbonyl (C=O) groups excluding carboxylic acids is 1. The molecule has 7 nitrogen and oxygen atoms in total. The monoisotopic (exact) mass is 542 g/mol. The molecule has 0 radical (unpaired) electrons. The lowest BCUT2D eigenvalue weighted by atomic mass is 10.00. The predicted molar refractivity (Wildman–Crippen MR) is 156 cm³/mol. The molecule has 0 aliphatic carbocycles. The molecule has 3 aromatic carbocycles. The zero-order valence-electron chi connectivity index (χ0n) is 22.0. The molecule has 0 aromatic heterocycles. The molecule has 39 heavy (non-hydrogen) atoms. The minimum atomic E-state index is -3.64. The third-order valence-electron chi connectivity index (χ3n) is 7.83. The number of anilines is 2. The van der Waals surface area contributed by atoms with E-state index in [1.165, 1.54) is 18.4 Å². The average Bonchev–Trinajstić information content (AvgIpc) is 3.60. The summed E-state index contributed by atoms with van der Waals surface area (Å²) in [4.78, 5) is 16.1. The number of nitrogens with one attached hydrogen (secondary N) is 2. The molecule has 2 N–H and O–H groups in total. The number of likely N-dealkylation sites (tertiary alicyclic amines) is 1. The summed E-state index contributed by atoms with van der Waals surface area (Å²) in [7, 11) is -3.64. The maximum absolute atomic E-state index is 13.4. The lowest BCUT2D eigenvalue weighted by molar-refractivity contribution is -0.110. The molecular formula is C31H34N4O3S. The van der Waals surface area contributed by atoms with Gasteiger partial charge in [0.05, 0.1) is 16.2 Å². The normalized spacial score (nSPS) is 19.5. The Morgan fingerprint density at radius 2 is 1.51 bits per heavy atom. The summed E-state index contributed by atoms with van der Waals surface area (Å²) < 4.78 is 28.5. The first kappa shape index (κ1) is 25.8. The average molecular weight is 543 g/mol. The number of carbonyl (C=O) groups is 1. The molecule has 3 heterocycles. The zero-order valence-corrected chi connectivity index (χ0v) is 22.8. The van der Waals surface area contributed by atoms with E-state index in [9.17, 15) is 13.2 Å². The maximum Gasteiger partial charge on any atom is 0.258 e. The fourth-order valence-electron chi connectivity index (χ4n) is 5.73. The van der Waals surface area contributed by atoms with Crippen LogP contribution in [0.5, 0.6) is 0 Å². The Morgan fingerprint density at radius 3 is 2.23 bits per heavy atom. The second-order valence-electron chi connectivity index (χ2n) is 10.5. The zero-order chi connectivity index (χ0) is 26.8. The first-order valence-corrected chi connectivity index (χ1v) is 15.3. The molecule has 0 unspecified atom stereocenters. The fraction of sp³-hybridized carbons (Fsp3) is 0.323. The van der Waals surface area contributed by atoms with Crippen molar-refractivity contribution in [3.8, 4) is 0 Å². The molecule has 0 spiro atoms. The molecular weight excluding hydrogens is 508 g/mol. The van der Waals surface area contributed by atoms with Crippen molar-refractivity contribution >= 4 is 38.6 Å². The van der Waals surface area contributed by atoms with Gasteiger partial charge in [-0.15, -0.1) is 0 Å². The van der Waals surface area contributed by atoms with Crippen LogP contribution in [-0.4, -0.2) is 49.7 Å². The fourth-order valence-corrected chi connectivity index (χ4v) is 7.27. The molecule has 8 heteroatoms. The summed E-state index contributed by atoms with van der Waals surface area (Å²) in [5, 5.41) is 6.44. The Labute approximate surface area is 230 Å². The van der Waals surface area contributed by atoms with Crippen LogP contribution >= 0.6 is 0 Å². The first-order valence-electron chi connectivity index (χ1n) is 13.8. The molecule has 0 saturated carbocycles. The molecule has 3 aromatic rings. The Kier molecular flexibility index (Phi) is 7.25. The molecule has 3 aliphatic heterocycles. The van der Waals surface area contributed by atoms with E-state index in [0.717, 1.165) is 50.1 Å². The number of hydrogen-bond acceptors (Lipinski definition) is 5. The van der Waals surface area contributed by atoms with Crippen LogP contribution in [0.2, 0.25) is 0 Å². The summed E-state index contributed by atoms with van der Waals surface area (Å²) in [5.74, 6) is -0.255. The summed E-state index contributed by atoms with van der Waals surface area (Å²) in [6, 6.07) is 23.0. The van der Waals surface area contributed by atoms with E-state index in [1.807, 2.05) is 42.5 Å². The van der Waals surface area contributed by atoms with Gasteiger partial charge in [0.25, 0.3) is 5.91 Å². The SMILES string of the molecule is O=C1Nc2ccc(S(=O)(=O)N3CCCCC3)cc2/C1=C(/Nc1ccc(CN2CCCC2)cc1)c1ccccc1.